The fourth-order valence-corrected chi connectivity index (χ4v) is 4.69. The van der Waals surface area contributed by atoms with Crippen molar-refractivity contribution in [3.05, 3.63) is 137 Å². The number of hydrogen-bond acceptors (Lipinski definition) is 1. The molecule has 144 valence electrons. The molecule has 0 amide bonds. The summed E-state index contributed by atoms with van der Waals surface area (Å²) in [6, 6.07) is 28.0. The van der Waals surface area contributed by atoms with Crippen molar-refractivity contribution in [3.8, 4) is 0 Å². The van der Waals surface area contributed by atoms with E-state index in [4.69, 9.17) is 12.6 Å². The van der Waals surface area contributed by atoms with E-state index in [0.29, 0.717) is 5.92 Å². The largest absolute Gasteiger partial charge is 0.143 e. The molecule has 1 heteroatoms. The van der Waals surface area contributed by atoms with Crippen LogP contribution in [0.25, 0.3) is 0 Å². The summed E-state index contributed by atoms with van der Waals surface area (Å²) in [5.41, 5.74) is 5.79. The Bertz CT molecular complexity index is 1040. The van der Waals surface area contributed by atoms with Crippen LogP contribution in [0, 0.1) is 12.8 Å². The Balaban J connectivity index is 2.17. The molecule has 0 aliphatic heterocycles. The molecule has 3 aromatic rings. The van der Waals surface area contributed by atoms with Crippen LogP contribution in [-0.4, -0.2) is 0 Å². The number of thiol groups is 1. The molecule has 2 atom stereocenters. The van der Waals surface area contributed by atoms with E-state index in [0.717, 1.165) is 4.90 Å². The van der Waals surface area contributed by atoms with E-state index in [1.54, 1.807) is 0 Å². The molecule has 2 unspecified atom stereocenters. The molecule has 3 aromatic carbocycles. The normalized spacial score (nSPS) is 18.0. The van der Waals surface area contributed by atoms with Crippen LogP contribution in [0.1, 0.15) is 29.2 Å². The van der Waals surface area contributed by atoms with Crippen LogP contribution in [0.15, 0.2) is 120 Å². The third kappa shape index (κ3) is 3.52. The lowest BCUT2D eigenvalue weighted by molar-refractivity contribution is 0.720. The maximum atomic E-state index is 4.92. The van der Waals surface area contributed by atoms with Gasteiger partial charge in [0.05, 0.1) is 5.41 Å². The topological polar surface area (TPSA) is 0 Å². The number of benzene rings is 3. The van der Waals surface area contributed by atoms with Gasteiger partial charge in [-0.05, 0) is 46.7 Å². The molecular weight excluding hydrogens is 368 g/mol. The van der Waals surface area contributed by atoms with Crippen molar-refractivity contribution in [1.29, 1.82) is 0 Å². The first-order valence-corrected chi connectivity index (χ1v) is 10.6. The number of rotatable bonds is 4. The fourth-order valence-electron chi connectivity index (χ4n) is 4.37. The molecule has 0 fully saturated rings. The summed E-state index contributed by atoms with van der Waals surface area (Å²) in [4.78, 5) is 0.996. The van der Waals surface area contributed by atoms with Crippen molar-refractivity contribution < 1.29 is 0 Å². The van der Waals surface area contributed by atoms with Gasteiger partial charge in [0.15, 0.2) is 0 Å². The molecule has 0 heterocycles. The van der Waals surface area contributed by atoms with Gasteiger partial charge < -0.3 is 0 Å². The molecule has 0 spiro atoms. The molecule has 1 aliphatic rings. The maximum absolute atomic E-state index is 4.92. The molecule has 0 saturated carbocycles. The number of aryl methyl sites for hydroxylation is 1. The van der Waals surface area contributed by atoms with E-state index >= 15 is 0 Å². The Hall–Kier alpha value is -2.77. The standard InChI is InChI=1S/C28H26S/c1-21-11-10-15-24(20-19-21)28(23-13-4-3-5-14-23,25-16-7-6-12-22(25)2)26-17-8-9-18-27(26)29/h3-21,29H,1-2H3. The first-order valence-electron chi connectivity index (χ1n) is 10.1. The summed E-state index contributed by atoms with van der Waals surface area (Å²) in [6.07, 6.45) is 11.3. The molecule has 0 N–H and O–H groups in total. The number of hydrogen-bond donors (Lipinski definition) is 1. The van der Waals surface area contributed by atoms with Gasteiger partial charge in [-0.2, -0.15) is 0 Å². The van der Waals surface area contributed by atoms with Crippen LogP contribution in [0.2, 0.25) is 0 Å². The van der Waals surface area contributed by atoms with Gasteiger partial charge in [0.1, 0.15) is 0 Å². The predicted octanol–water partition coefficient (Wildman–Crippen LogP) is 7.31. The summed E-state index contributed by atoms with van der Waals surface area (Å²) in [5, 5.41) is 0. The lowest BCUT2D eigenvalue weighted by Crippen LogP contribution is -2.32. The minimum atomic E-state index is -0.449. The van der Waals surface area contributed by atoms with Crippen LogP contribution < -0.4 is 0 Å². The second kappa shape index (κ2) is 8.31. The summed E-state index contributed by atoms with van der Waals surface area (Å²) in [5.74, 6) is 0.403. The van der Waals surface area contributed by atoms with Crippen molar-refractivity contribution in [2.24, 2.45) is 5.92 Å². The Morgan fingerprint density at radius 1 is 0.759 bits per heavy atom. The van der Waals surface area contributed by atoms with Gasteiger partial charge in [0, 0.05) is 4.90 Å². The number of allylic oxidation sites excluding steroid dienone is 6. The lowest BCUT2D eigenvalue weighted by atomic mass is 9.63. The smallest absolute Gasteiger partial charge is 0.0714 e. The van der Waals surface area contributed by atoms with Gasteiger partial charge >= 0.3 is 0 Å². The third-order valence-corrected chi connectivity index (χ3v) is 6.16. The van der Waals surface area contributed by atoms with Crippen LogP contribution in [0.5, 0.6) is 0 Å². The van der Waals surface area contributed by atoms with E-state index in [1.165, 1.54) is 27.8 Å². The van der Waals surface area contributed by atoms with Gasteiger partial charge in [-0.15, -0.1) is 12.6 Å². The molecule has 4 rings (SSSR count). The van der Waals surface area contributed by atoms with Crippen LogP contribution >= 0.6 is 12.6 Å². The second-order valence-corrected chi connectivity index (χ2v) is 8.16. The third-order valence-electron chi connectivity index (χ3n) is 5.77. The molecule has 0 aromatic heterocycles. The van der Waals surface area contributed by atoms with E-state index in [1.807, 2.05) is 0 Å². The zero-order valence-corrected chi connectivity index (χ0v) is 17.8. The lowest BCUT2D eigenvalue weighted by Gasteiger charge is -2.39. The second-order valence-electron chi connectivity index (χ2n) is 7.67. The summed E-state index contributed by atoms with van der Waals surface area (Å²) < 4.78 is 0. The van der Waals surface area contributed by atoms with Crippen LogP contribution in [0.3, 0.4) is 0 Å². The van der Waals surface area contributed by atoms with E-state index in [2.05, 4.69) is 123 Å². The first-order chi connectivity index (χ1) is 14.1. The van der Waals surface area contributed by atoms with Crippen LogP contribution in [0.4, 0.5) is 0 Å². The fraction of sp³-hybridized carbons (Fsp3) is 0.143. The molecule has 0 radical (unpaired) electrons. The molecule has 1 aliphatic carbocycles. The van der Waals surface area contributed by atoms with Gasteiger partial charge in [-0.25, -0.2) is 0 Å². The maximum Gasteiger partial charge on any atom is 0.0714 e. The van der Waals surface area contributed by atoms with Crippen molar-refractivity contribution in [2.75, 3.05) is 0 Å². The van der Waals surface area contributed by atoms with Crippen molar-refractivity contribution in [2.45, 2.75) is 24.2 Å². The summed E-state index contributed by atoms with van der Waals surface area (Å²) in [7, 11) is 0. The summed E-state index contributed by atoms with van der Waals surface area (Å²) >= 11 is 4.92. The van der Waals surface area contributed by atoms with Crippen molar-refractivity contribution in [3.63, 3.8) is 0 Å². The van der Waals surface area contributed by atoms with Crippen molar-refractivity contribution in [1.82, 2.24) is 0 Å². The van der Waals surface area contributed by atoms with E-state index in [-0.39, 0.29) is 0 Å². The highest BCUT2D eigenvalue weighted by molar-refractivity contribution is 7.80. The SMILES string of the molecule is Cc1ccccc1C(C1=CC=CC(C)C=C1)(c1ccccc1)c1ccccc1S. The first kappa shape index (κ1) is 19.5. The van der Waals surface area contributed by atoms with Gasteiger partial charge in [-0.3, -0.25) is 0 Å². The highest BCUT2D eigenvalue weighted by Gasteiger charge is 2.41. The minimum absolute atomic E-state index is 0.403. The molecule has 0 nitrogen and oxygen atoms in total. The van der Waals surface area contributed by atoms with Crippen LogP contribution in [-0.2, 0) is 5.41 Å². The predicted molar refractivity (Wildman–Crippen MR) is 127 cm³/mol. The van der Waals surface area contributed by atoms with Crippen molar-refractivity contribution >= 4 is 12.6 Å². The minimum Gasteiger partial charge on any atom is -0.143 e. The Labute approximate surface area is 179 Å². The van der Waals surface area contributed by atoms with E-state index < -0.39 is 5.41 Å². The monoisotopic (exact) mass is 394 g/mol. The highest BCUT2D eigenvalue weighted by Crippen LogP contribution is 2.49. The van der Waals surface area contributed by atoms with Gasteiger partial charge in [-0.1, -0.05) is 110 Å². The Morgan fingerprint density at radius 3 is 2.14 bits per heavy atom. The zero-order chi connectivity index (χ0) is 20.3. The van der Waals surface area contributed by atoms with Gasteiger partial charge in [0.25, 0.3) is 0 Å². The molecule has 29 heavy (non-hydrogen) atoms. The average molecular weight is 395 g/mol. The average Bonchev–Trinajstić information content (AvgIpc) is 2.97. The van der Waals surface area contributed by atoms with E-state index in [9.17, 15) is 0 Å². The summed E-state index contributed by atoms with van der Waals surface area (Å²) in [6.45, 7) is 4.42. The highest BCUT2D eigenvalue weighted by atomic mass is 32.1. The Kier molecular flexibility index (Phi) is 5.60. The molecule has 0 bridgehead atoms. The molecule has 0 saturated heterocycles. The molecular formula is C28H26S. The quantitative estimate of drug-likeness (QED) is 0.348. The Morgan fingerprint density at radius 2 is 1.41 bits per heavy atom. The van der Waals surface area contributed by atoms with Gasteiger partial charge in [0.2, 0.25) is 0 Å². The zero-order valence-electron chi connectivity index (χ0n) is 16.9.